The van der Waals surface area contributed by atoms with Crippen molar-refractivity contribution < 1.29 is 42.5 Å². The molecule has 3 aliphatic rings. The Morgan fingerprint density at radius 1 is 1.13 bits per heavy atom. The van der Waals surface area contributed by atoms with Crippen LogP contribution in [0.25, 0.3) is 22.3 Å². The molecule has 4 N–H and O–H groups in total. The Labute approximate surface area is 354 Å². The number of benzene rings is 1. The summed E-state index contributed by atoms with van der Waals surface area (Å²) in [5, 5.41) is 10.9. The SMILES string of the molecule is C=C[C@@H]1C[C@]1(NC(=O)[C@@H]1C[C@@H](Oc2cc(-c3csc(NC(C)C)n3)nc3cc(OC)ccc23)CN1C(=O)C(NC(=O)OC1CCCC1)C(C)(C)C)P(=O)(O)Cc1ccoc1. The molecular formula is C43H55N6O9PS. The van der Waals surface area contributed by atoms with Gasteiger partial charge in [0.05, 0.1) is 43.6 Å². The van der Waals surface area contributed by atoms with E-state index in [0.717, 1.165) is 30.8 Å². The maximum atomic E-state index is 14.8. The highest BCUT2D eigenvalue weighted by Gasteiger charge is 2.66. The number of anilines is 1. The van der Waals surface area contributed by atoms with Gasteiger partial charge in [-0.25, -0.2) is 14.8 Å². The van der Waals surface area contributed by atoms with Gasteiger partial charge >= 0.3 is 6.09 Å². The van der Waals surface area contributed by atoms with Gasteiger partial charge in [0.1, 0.15) is 46.8 Å². The first kappa shape index (κ1) is 43.2. The molecule has 0 bridgehead atoms. The molecule has 4 aromatic rings. The molecule has 322 valence electrons. The Balaban J connectivity index is 1.22. The first-order valence-electron chi connectivity index (χ1n) is 20.4. The standard InChI is InChI=1S/C43H55N6O9PS/c1-8-27-20-43(27,59(53,54)23-26-15-16-56-22-26)48-38(50)35-18-30(21-49(35)39(51)37(42(4,5)6)47-41(52)58-28-11-9-10-12-28)57-36-19-33(34-24-60-40(46-34)44-25(2)3)45-32-17-29(55-7)13-14-31(32)36/h8,13-17,19,22,24-25,27-28,30,35,37H,1,9-12,18,20-21,23H2,2-7H3,(H,44,46)(H,47,52)(H,48,50)(H,53,54)/t27-,30-,35+,37?,43+/m1/s1. The summed E-state index contributed by atoms with van der Waals surface area (Å²) in [6, 6.07) is 6.82. The molecule has 60 heavy (non-hydrogen) atoms. The third-order valence-corrected chi connectivity index (χ3v) is 14.9. The molecule has 17 heteroatoms. The predicted octanol–water partition coefficient (Wildman–Crippen LogP) is 7.70. The number of nitrogens with zero attached hydrogens (tertiary/aromatic N) is 3. The maximum Gasteiger partial charge on any atom is 0.408 e. The van der Waals surface area contributed by atoms with Crippen LogP contribution in [-0.4, -0.2) is 86.9 Å². The maximum absolute atomic E-state index is 14.8. The van der Waals surface area contributed by atoms with Crippen LogP contribution in [0.15, 0.2) is 65.3 Å². The van der Waals surface area contributed by atoms with Crippen LogP contribution in [0.2, 0.25) is 0 Å². The number of thiazole rings is 1. The third kappa shape index (κ3) is 9.20. The predicted molar refractivity (Wildman–Crippen MR) is 229 cm³/mol. The van der Waals surface area contributed by atoms with Gasteiger partial charge in [-0.1, -0.05) is 26.8 Å². The number of methoxy groups -OCH3 is 1. The average molecular weight is 863 g/mol. The fraction of sp³-hybridized carbons (Fsp3) is 0.512. The van der Waals surface area contributed by atoms with Crippen LogP contribution < -0.4 is 25.4 Å². The van der Waals surface area contributed by atoms with Crippen molar-refractivity contribution >= 4 is 52.6 Å². The molecule has 1 saturated heterocycles. The molecule has 2 unspecified atom stereocenters. The molecule has 2 aliphatic carbocycles. The van der Waals surface area contributed by atoms with Gasteiger partial charge in [0.2, 0.25) is 19.2 Å². The lowest BCUT2D eigenvalue weighted by Gasteiger charge is -2.36. The zero-order chi connectivity index (χ0) is 43.0. The van der Waals surface area contributed by atoms with Crippen molar-refractivity contribution in [1.29, 1.82) is 0 Å². The third-order valence-electron chi connectivity index (χ3n) is 11.5. The van der Waals surface area contributed by atoms with Crippen molar-refractivity contribution in [3.05, 3.63) is 66.5 Å². The van der Waals surface area contributed by atoms with Gasteiger partial charge < -0.3 is 44.4 Å². The van der Waals surface area contributed by atoms with E-state index in [4.69, 9.17) is 28.6 Å². The van der Waals surface area contributed by atoms with Crippen LogP contribution >= 0.6 is 18.7 Å². The lowest BCUT2D eigenvalue weighted by atomic mass is 9.85. The second-order valence-corrected chi connectivity index (χ2v) is 20.8. The van der Waals surface area contributed by atoms with E-state index >= 15 is 0 Å². The first-order valence-corrected chi connectivity index (χ1v) is 23.2. The number of ether oxygens (including phenoxy) is 3. The van der Waals surface area contributed by atoms with Gasteiger partial charge in [-0.3, -0.25) is 14.2 Å². The normalized spacial score (nSPS) is 23.2. The number of alkyl carbamates (subject to hydrolysis) is 1. The molecule has 6 atom stereocenters. The van der Waals surface area contributed by atoms with Crippen molar-refractivity contribution in [3.8, 4) is 22.9 Å². The Morgan fingerprint density at radius 3 is 2.55 bits per heavy atom. The Hall–Kier alpha value is -4.92. The summed E-state index contributed by atoms with van der Waals surface area (Å²) < 4.78 is 37.3. The summed E-state index contributed by atoms with van der Waals surface area (Å²) in [6.07, 6.45) is 6.22. The van der Waals surface area contributed by atoms with Crippen molar-refractivity contribution in [2.45, 2.75) is 115 Å². The van der Waals surface area contributed by atoms with Crippen LogP contribution in [-0.2, 0) is 25.1 Å². The average Bonchev–Trinajstić information content (AvgIpc) is 3.81. The van der Waals surface area contributed by atoms with Gasteiger partial charge in [-0.2, -0.15) is 0 Å². The molecule has 3 amide bonds. The van der Waals surface area contributed by atoms with E-state index < -0.39 is 60.1 Å². The summed E-state index contributed by atoms with van der Waals surface area (Å²) in [7, 11) is -2.53. The molecule has 2 saturated carbocycles. The molecule has 4 heterocycles. The lowest BCUT2D eigenvalue weighted by Crippen LogP contribution is -2.58. The quantitative estimate of drug-likeness (QED) is 0.0673. The van der Waals surface area contributed by atoms with E-state index in [-0.39, 0.29) is 37.7 Å². The van der Waals surface area contributed by atoms with Crippen LogP contribution in [0, 0.1) is 11.3 Å². The zero-order valence-corrected chi connectivity index (χ0v) is 36.6. The van der Waals surface area contributed by atoms with Crippen LogP contribution in [0.4, 0.5) is 9.93 Å². The van der Waals surface area contributed by atoms with E-state index in [1.165, 1.54) is 28.8 Å². The number of rotatable bonds is 15. The van der Waals surface area contributed by atoms with E-state index in [1.54, 1.807) is 37.5 Å². The number of pyridine rings is 1. The van der Waals surface area contributed by atoms with Crippen LogP contribution in [0.3, 0.4) is 0 Å². The highest BCUT2D eigenvalue weighted by molar-refractivity contribution is 7.59. The Bertz CT molecular complexity index is 2270. The minimum Gasteiger partial charge on any atom is -0.497 e. The fourth-order valence-electron chi connectivity index (χ4n) is 8.17. The number of carbonyl (C=O) groups excluding carboxylic acids is 3. The van der Waals surface area contributed by atoms with Crippen molar-refractivity contribution in [2.24, 2.45) is 11.3 Å². The number of hydrogen-bond acceptors (Lipinski definition) is 12. The number of nitrogens with one attached hydrogen (secondary N) is 3. The lowest BCUT2D eigenvalue weighted by molar-refractivity contribution is -0.142. The summed E-state index contributed by atoms with van der Waals surface area (Å²) in [6.45, 7) is 13.4. The van der Waals surface area contributed by atoms with Crippen molar-refractivity contribution in [3.63, 3.8) is 0 Å². The van der Waals surface area contributed by atoms with Crippen molar-refractivity contribution in [2.75, 3.05) is 19.0 Å². The fourth-order valence-corrected chi connectivity index (χ4v) is 11.4. The van der Waals surface area contributed by atoms with E-state index in [1.807, 2.05) is 46.1 Å². The van der Waals surface area contributed by atoms with E-state index in [0.29, 0.717) is 39.4 Å². The number of aromatic nitrogens is 2. The summed E-state index contributed by atoms with van der Waals surface area (Å²) in [5.41, 5.74) is 1.50. The highest BCUT2D eigenvalue weighted by atomic mass is 32.1. The smallest absolute Gasteiger partial charge is 0.408 e. The van der Waals surface area contributed by atoms with Gasteiger partial charge in [0.15, 0.2) is 5.13 Å². The monoisotopic (exact) mass is 862 g/mol. The Morgan fingerprint density at radius 2 is 1.90 bits per heavy atom. The molecule has 3 aromatic heterocycles. The van der Waals surface area contributed by atoms with Crippen molar-refractivity contribution in [1.82, 2.24) is 25.5 Å². The Kier molecular flexibility index (Phi) is 12.4. The number of amides is 3. The summed E-state index contributed by atoms with van der Waals surface area (Å²) in [4.78, 5) is 65.4. The summed E-state index contributed by atoms with van der Waals surface area (Å²) >= 11 is 1.46. The molecule has 0 radical (unpaired) electrons. The van der Waals surface area contributed by atoms with E-state index in [2.05, 4.69) is 22.5 Å². The molecule has 15 nitrogen and oxygen atoms in total. The second-order valence-electron chi connectivity index (χ2n) is 17.4. The minimum absolute atomic E-state index is 0.0268. The number of hydrogen-bond donors (Lipinski definition) is 4. The van der Waals surface area contributed by atoms with Crippen LogP contribution in [0.1, 0.15) is 78.7 Å². The van der Waals surface area contributed by atoms with Gasteiger partial charge in [-0.05, 0) is 75.1 Å². The molecule has 3 fully saturated rings. The number of fused-ring (bicyclic) bond motifs is 1. The van der Waals surface area contributed by atoms with Crippen LogP contribution in [0.5, 0.6) is 11.5 Å². The van der Waals surface area contributed by atoms with E-state index in [9.17, 15) is 23.8 Å². The number of furan rings is 1. The van der Waals surface area contributed by atoms with Gasteiger partial charge in [0, 0.05) is 41.3 Å². The van der Waals surface area contributed by atoms with Gasteiger partial charge in [0.25, 0.3) is 0 Å². The molecule has 7 rings (SSSR count). The molecule has 1 aromatic carbocycles. The largest absolute Gasteiger partial charge is 0.497 e. The first-order chi connectivity index (χ1) is 28.5. The molecule has 1 aliphatic heterocycles. The summed E-state index contributed by atoms with van der Waals surface area (Å²) in [5.74, 6) is -0.541. The molecule has 0 spiro atoms. The minimum atomic E-state index is -4.11. The second kappa shape index (κ2) is 17.2. The zero-order valence-electron chi connectivity index (χ0n) is 34.9. The highest BCUT2D eigenvalue weighted by Crippen LogP contribution is 2.70. The number of likely N-dealkylation sites (tertiary alicyclic amines) is 1. The topological polar surface area (TPSA) is 194 Å². The molecular weight excluding hydrogens is 808 g/mol. The number of carbonyl (C=O) groups is 3. The van der Waals surface area contributed by atoms with Gasteiger partial charge in [-0.15, -0.1) is 17.9 Å².